The Morgan fingerprint density at radius 1 is 1.10 bits per heavy atom. The summed E-state index contributed by atoms with van der Waals surface area (Å²) in [5.74, 6) is 1.21. The molecule has 0 saturated carbocycles. The summed E-state index contributed by atoms with van der Waals surface area (Å²) in [6, 6.07) is 15.9. The Balaban J connectivity index is 1.18. The molecular formula is C23H26FN3O2. The monoisotopic (exact) mass is 395 g/mol. The molecule has 4 rings (SSSR count). The quantitative estimate of drug-likeness (QED) is 0.683. The second kappa shape index (κ2) is 9.09. The number of nitrogens with zero attached hydrogens (tertiary/aromatic N) is 2. The first kappa shape index (κ1) is 19.5. The zero-order valence-corrected chi connectivity index (χ0v) is 16.4. The number of aromatic nitrogens is 1. The summed E-state index contributed by atoms with van der Waals surface area (Å²) in [5, 5.41) is 3.68. The number of halogens is 1. The minimum Gasteiger partial charge on any atom is -0.493 e. The van der Waals surface area contributed by atoms with E-state index in [4.69, 9.17) is 4.74 Å². The van der Waals surface area contributed by atoms with Crippen LogP contribution in [0.1, 0.15) is 12.8 Å². The number of nitrogens with one attached hydrogen (secondary N) is 1. The van der Waals surface area contributed by atoms with E-state index in [2.05, 4.69) is 10.2 Å². The maximum atomic E-state index is 13.3. The number of rotatable bonds is 6. The normalized spacial score (nSPS) is 15.5. The van der Waals surface area contributed by atoms with Gasteiger partial charge in [0.25, 0.3) is 0 Å². The maximum absolute atomic E-state index is 13.3. The molecule has 5 nitrogen and oxygen atoms in total. The van der Waals surface area contributed by atoms with Crippen molar-refractivity contribution in [3.8, 4) is 5.75 Å². The van der Waals surface area contributed by atoms with Crippen molar-refractivity contribution in [2.75, 3.05) is 32.8 Å². The van der Waals surface area contributed by atoms with E-state index in [1.54, 1.807) is 18.3 Å². The number of amides is 1. The molecule has 1 N–H and O–H groups in total. The molecule has 0 atom stereocenters. The van der Waals surface area contributed by atoms with Gasteiger partial charge in [-0.2, -0.15) is 0 Å². The highest BCUT2D eigenvalue weighted by Crippen LogP contribution is 2.19. The molecule has 0 radical (unpaired) electrons. The van der Waals surface area contributed by atoms with Crippen LogP contribution in [0.2, 0.25) is 0 Å². The molecular weight excluding hydrogens is 369 g/mol. The number of para-hydroxylation sites is 1. The topological polar surface area (TPSA) is 46.5 Å². The van der Waals surface area contributed by atoms with Crippen LogP contribution in [-0.4, -0.2) is 48.3 Å². The molecule has 152 valence electrons. The zero-order chi connectivity index (χ0) is 20.1. The Labute approximate surface area is 170 Å². The molecule has 0 aliphatic carbocycles. The average Bonchev–Trinajstić information content (AvgIpc) is 3.17. The number of fused-ring (bicyclic) bond motifs is 1. The molecule has 1 aliphatic heterocycles. The lowest BCUT2D eigenvalue weighted by Gasteiger charge is -2.31. The fraction of sp³-hybridized carbons (Fsp3) is 0.348. The van der Waals surface area contributed by atoms with Crippen molar-refractivity contribution in [1.82, 2.24) is 14.8 Å². The molecule has 1 aromatic heterocycles. The summed E-state index contributed by atoms with van der Waals surface area (Å²) in [7, 11) is 0. The van der Waals surface area contributed by atoms with Gasteiger partial charge in [-0.25, -0.2) is 9.18 Å². The summed E-state index contributed by atoms with van der Waals surface area (Å²) >= 11 is 0. The highest BCUT2D eigenvalue weighted by atomic mass is 19.1. The van der Waals surface area contributed by atoms with Gasteiger partial charge >= 0.3 is 6.03 Å². The predicted molar refractivity (Wildman–Crippen MR) is 112 cm³/mol. The lowest BCUT2D eigenvalue weighted by molar-refractivity contribution is 0.142. The number of hydrogen-bond donors (Lipinski definition) is 1. The summed E-state index contributed by atoms with van der Waals surface area (Å²) in [6.45, 7) is 4.21. The van der Waals surface area contributed by atoms with Gasteiger partial charge in [-0.1, -0.05) is 18.2 Å². The second-order valence-corrected chi connectivity index (χ2v) is 7.53. The SMILES string of the molecule is O=C(NCCN1CCC(COc2ccccc2)CC1)n1ccc2cc(F)ccc21. The van der Waals surface area contributed by atoms with E-state index in [0.717, 1.165) is 50.2 Å². The third kappa shape index (κ3) is 4.95. The number of piperidine rings is 1. The van der Waals surface area contributed by atoms with Gasteiger partial charge in [0.15, 0.2) is 0 Å². The number of carbonyl (C=O) groups excluding carboxylic acids is 1. The molecule has 0 unspecified atom stereocenters. The van der Waals surface area contributed by atoms with Gasteiger partial charge in [0.2, 0.25) is 0 Å². The number of likely N-dealkylation sites (tertiary alicyclic amines) is 1. The van der Waals surface area contributed by atoms with Crippen molar-refractivity contribution in [2.24, 2.45) is 5.92 Å². The van der Waals surface area contributed by atoms with E-state index < -0.39 is 0 Å². The van der Waals surface area contributed by atoms with Crippen LogP contribution in [0.25, 0.3) is 10.9 Å². The largest absolute Gasteiger partial charge is 0.493 e. The van der Waals surface area contributed by atoms with Crippen LogP contribution in [-0.2, 0) is 0 Å². The number of hydrogen-bond acceptors (Lipinski definition) is 3. The Kier molecular flexibility index (Phi) is 6.10. The van der Waals surface area contributed by atoms with Crippen molar-refractivity contribution in [2.45, 2.75) is 12.8 Å². The lowest BCUT2D eigenvalue weighted by Crippen LogP contribution is -2.41. The summed E-state index contributed by atoms with van der Waals surface area (Å²) in [4.78, 5) is 14.8. The summed E-state index contributed by atoms with van der Waals surface area (Å²) in [6.07, 6.45) is 3.89. The summed E-state index contributed by atoms with van der Waals surface area (Å²) in [5.41, 5.74) is 0.711. The molecule has 3 aromatic rings. The Morgan fingerprint density at radius 3 is 2.69 bits per heavy atom. The first-order chi connectivity index (χ1) is 14.2. The van der Waals surface area contributed by atoms with Crippen LogP contribution in [0.3, 0.4) is 0 Å². The van der Waals surface area contributed by atoms with E-state index in [1.165, 1.54) is 16.7 Å². The molecule has 2 heterocycles. The van der Waals surface area contributed by atoms with Gasteiger partial charge < -0.3 is 15.0 Å². The third-order valence-electron chi connectivity index (χ3n) is 5.51. The van der Waals surface area contributed by atoms with Gasteiger partial charge in [-0.3, -0.25) is 4.57 Å². The highest BCUT2D eigenvalue weighted by molar-refractivity contribution is 5.91. The predicted octanol–water partition coefficient (Wildman–Crippen LogP) is 4.13. The van der Waals surface area contributed by atoms with Gasteiger partial charge in [-0.15, -0.1) is 0 Å². The van der Waals surface area contributed by atoms with Crippen molar-refractivity contribution in [3.63, 3.8) is 0 Å². The first-order valence-corrected chi connectivity index (χ1v) is 10.1. The average molecular weight is 395 g/mol. The van der Waals surface area contributed by atoms with E-state index in [-0.39, 0.29) is 11.8 Å². The minimum absolute atomic E-state index is 0.183. The summed E-state index contributed by atoms with van der Waals surface area (Å²) < 4.78 is 20.7. The Morgan fingerprint density at radius 2 is 1.90 bits per heavy atom. The minimum atomic E-state index is -0.298. The van der Waals surface area contributed by atoms with Gasteiger partial charge in [0, 0.05) is 24.7 Å². The van der Waals surface area contributed by atoms with Crippen LogP contribution in [0.5, 0.6) is 5.75 Å². The molecule has 0 spiro atoms. The second-order valence-electron chi connectivity index (χ2n) is 7.53. The standard InChI is InChI=1S/C23H26FN3O2/c24-20-6-7-22-19(16-20)10-14-27(22)23(28)25-11-15-26-12-8-18(9-13-26)17-29-21-4-2-1-3-5-21/h1-7,10,14,16,18H,8-9,11-13,15,17H2,(H,25,28). The molecule has 1 amide bonds. The van der Waals surface area contributed by atoms with Crippen LogP contribution in [0, 0.1) is 11.7 Å². The Hall–Kier alpha value is -2.86. The van der Waals surface area contributed by atoms with E-state index in [1.807, 2.05) is 30.3 Å². The van der Waals surface area contributed by atoms with Crippen LogP contribution >= 0.6 is 0 Å². The van der Waals surface area contributed by atoms with E-state index in [9.17, 15) is 9.18 Å². The van der Waals surface area contributed by atoms with E-state index in [0.29, 0.717) is 18.0 Å². The molecule has 1 aliphatic rings. The molecule has 2 aromatic carbocycles. The molecule has 0 bridgehead atoms. The Bertz CT molecular complexity index is 949. The number of carbonyl (C=O) groups is 1. The van der Waals surface area contributed by atoms with Crippen LogP contribution in [0.15, 0.2) is 60.8 Å². The first-order valence-electron chi connectivity index (χ1n) is 10.1. The third-order valence-corrected chi connectivity index (χ3v) is 5.51. The van der Waals surface area contributed by atoms with Gasteiger partial charge in [0.05, 0.1) is 12.1 Å². The fourth-order valence-corrected chi connectivity index (χ4v) is 3.80. The van der Waals surface area contributed by atoms with Crippen molar-refractivity contribution < 1.29 is 13.9 Å². The molecule has 1 fully saturated rings. The van der Waals surface area contributed by atoms with Gasteiger partial charge in [0.1, 0.15) is 11.6 Å². The smallest absolute Gasteiger partial charge is 0.326 e. The molecule has 1 saturated heterocycles. The highest BCUT2D eigenvalue weighted by Gasteiger charge is 2.19. The van der Waals surface area contributed by atoms with Crippen molar-refractivity contribution in [1.29, 1.82) is 0 Å². The molecule has 6 heteroatoms. The van der Waals surface area contributed by atoms with Gasteiger partial charge in [-0.05, 0) is 68.2 Å². The van der Waals surface area contributed by atoms with Crippen LogP contribution in [0.4, 0.5) is 9.18 Å². The van der Waals surface area contributed by atoms with Crippen molar-refractivity contribution >= 4 is 16.9 Å². The van der Waals surface area contributed by atoms with Crippen molar-refractivity contribution in [3.05, 3.63) is 66.6 Å². The van der Waals surface area contributed by atoms with E-state index >= 15 is 0 Å². The lowest BCUT2D eigenvalue weighted by atomic mass is 9.98. The molecule has 29 heavy (non-hydrogen) atoms. The zero-order valence-electron chi connectivity index (χ0n) is 16.4. The maximum Gasteiger partial charge on any atom is 0.326 e. The number of ether oxygens (including phenoxy) is 1. The van der Waals surface area contributed by atoms with Crippen LogP contribution < -0.4 is 10.1 Å². The fourth-order valence-electron chi connectivity index (χ4n) is 3.80. The number of benzene rings is 2.